The second-order valence-corrected chi connectivity index (χ2v) is 8.98. The normalized spacial score (nSPS) is 18.8. The van der Waals surface area contributed by atoms with Gasteiger partial charge in [-0.2, -0.15) is 5.10 Å². The Morgan fingerprint density at radius 3 is 2.47 bits per heavy atom. The highest BCUT2D eigenvalue weighted by molar-refractivity contribution is 6.05. The summed E-state index contributed by atoms with van der Waals surface area (Å²) in [6, 6.07) is 12.1. The molecule has 6 nitrogen and oxygen atoms in total. The number of halogens is 1. The Morgan fingerprint density at radius 2 is 1.82 bits per heavy atom. The summed E-state index contributed by atoms with van der Waals surface area (Å²) in [5.74, 6) is 0.993. The van der Waals surface area contributed by atoms with E-state index in [-0.39, 0.29) is 17.8 Å². The predicted octanol–water partition coefficient (Wildman–Crippen LogP) is 5.18. The minimum atomic E-state index is -0.299. The number of likely N-dealkylation sites (N-methyl/N-ethyl adjacent to an activating group) is 1. The van der Waals surface area contributed by atoms with Crippen LogP contribution >= 0.6 is 0 Å². The van der Waals surface area contributed by atoms with Crippen LogP contribution < -0.4 is 9.47 Å². The second-order valence-electron chi connectivity index (χ2n) is 8.98. The minimum absolute atomic E-state index is 0.0378. The molecule has 182 valence electrons. The van der Waals surface area contributed by atoms with Gasteiger partial charge in [0.1, 0.15) is 17.3 Å². The molecule has 0 spiro atoms. The molecule has 1 saturated carbocycles. The number of methoxy groups -OCH3 is 2. The number of hydrogen-bond acceptors (Lipinski definition) is 5. The lowest BCUT2D eigenvalue weighted by molar-refractivity contribution is -0.135. The molecule has 1 fully saturated rings. The van der Waals surface area contributed by atoms with Crippen LogP contribution in [0.5, 0.6) is 11.5 Å². The third-order valence-electron chi connectivity index (χ3n) is 6.98. The van der Waals surface area contributed by atoms with Crippen molar-refractivity contribution in [3.8, 4) is 11.5 Å². The Kier molecular flexibility index (Phi) is 7.83. The van der Waals surface area contributed by atoms with Crippen molar-refractivity contribution >= 4 is 11.6 Å². The smallest absolute Gasteiger partial charge is 0.257 e. The molecule has 7 heteroatoms. The van der Waals surface area contributed by atoms with Gasteiger partial charge in [-0.3, -0.25) is 9.69 Å². The molecule has 0 radical (unpaired) electrons. The van der Waals surface area contributed by atoms with Gasteiger partial charge < -0.3 is 9.47 Å². The number of amides is 1. The van der Waals surface area contributed by atoms with Crippen molar-refractivity contribution in [2.45, 2.75) is 57.5 Å². The zero-order valence-corrected chi connectivity index (χ0v) is 20.3. The van der Waals surface area contributed by atoms with Gasteiger partial charge in [-0.25, -0.2) is 9.40 Å². The SMILES string of the molecule is CCN(CC(=O)N1N=C(c2ccc(OC)cc2OC)CC1c1ccc(F)cc1)C1CCCCC1. The van der Waals surface area contributed by atoms with Crippen molar-refractivity contribution in [2.24, 2.45) is 5.10 Å². The lowest BCUT2D eigenvalue weighted by Gasteiger charge is -2.34. The first-order chi connectivity index (χ1) is 16.5. The molecule has 1 aliphatic carbocycles. The third-order valence-corrected chi connectivity index (χ3v) is 6.98. The van der Waals surface area contributed by atoms with E-state index in [4.69, 9.17) is 14.6 Å². The fourth-order valence-electron chi connectivity index (χ4n) is 5.08. The topological polar surface area (TPSA) is 54.4 Å². The summed E-state index contributed by atoms with van der Waals surface area (Å²) in [5, 5.41) is 6.39. The molecule has 2 aliphatic rings. The molecular formula is C27H34FN3O3. The maximum atomic E-state index is 13.6. The van der Waals surface area contributed by atoms with E-state index in [9.17, 15) is 9.18 Å². The fourth-order valence-corrected chi connectivity index (χ4v) is 5.08. The molecule has 2 aromatic carbocycles. The number of carbonyl (C=O) groups excluding carboxylic acids is 1. The van der Waals surface area contributed by atoms with E-state index < -0.39 is 0 Å². The number of carbonyl (C=O) groups is 1. The molecule has 0 aromatic heterocycles. The van der Waals surface area contributed by atoms with Crippen molar-refractivity contribution in [3.05, 3.63) is 59.4 Å². The summed E-state index contributed by atoms with van der Waals surface area (Å²) in [7, 11) is 3.22. The first kappa shape index (κ1) is 24.2. The molecule has 0 N–H and O–H groups in total. The largest absolute Gasteiger partial charge is 0.497 e. The molecule has 1 aliphatic heterocycles. The number of benzene rings is 2. The third kappa shape index (κ3) is 5.25. The molecule has 0 saturated heterocycles. The van der Waals surface area contributed by atoms with Gasteiger partial charge in [0, 0.05) is 24.1 Å². The zero-order valence-electron chi connectivity index (χ0n) is 20.3. The fraction of sp³-hybridized carbons (Fsp3) is 0.481. The Labute approximate surface area is 201 Å². The van der Waals surface area contributed by atoms with Crippen molar-refractivity contribution in [3.63, 3.8) is 0 Å². The lowest BCUT2D eigenvalue weighted by Crippen LogP contribution is -2.44. The first-order valence-corrected chi connectivity index (χ1v) is 12.2. The summed E-state index contributed by atoms with van der Waals surface area (Å²) in [6.07, 6.45) is 6.52. The zero-order chi connectivity index (χ0) is 24.1. The monoisotopic (exact) mass is 467 g/mol. The van der Waals surface area contributed by atoms with Crippen LogP contribution in [0.15, 0.2) is 47.6 Å². The van der Waals surface area contributed by atoms with E-state index >= 15 is 0 Å². The van der Waals surface area contributed by atoms with Crippen LogP contribution in [0.25, 0.3) is 0 Å². The average Bonchev–Trinajstić information content (AvgIpc) is 3.33. The van der Waals surface area contributed by atoms with E-state index in [1.807, 2.05) is 18.2 Å². The van der Waals surface area contributed by atoms with Gasteiger partial charge >= 0.3 is 0 Å². The van der Waals surface area contributed by atoms with Gasteiger partial charge in [0.25, 0.3) is 5.91 Å². The van der Waals surface area contributed by atoms with Crippen LogP contribution in [0, 0.1) is 5.82 Å². The summed E-state index contributed by atoms with van der Waals surface area (Å²) in [6.45, 7) is 3.27. The van der Waals surface area contributed by atoms with Crippen LogP contribution in [0.2, 0.25) is 0 Å². The standard InChI is InChI=1S/C27H34FN3O3/c1-4-30(21-8-6-5-7-9-21)18-27(32)31-25(19-10-12-20(28)13-11-19)17-24(29-31)23-15-14-22(33-2)16-26(23)34-3/h10-16,21,25H,4-9,17-18H2,1-3H3. The molecule has 0 bridgehead atoms. The Morgan fingerprint density at radius 1 is 1.09 bits per heavy atom. The quantitative estimate of drug-likeness (QED) is 0.537. The highest BCUT2D eigenvalue weighted by atomic mass is 19.1. The van der Waals surface area contributed by atoms with Gasteiger partial charge in [-0.1, -0.05) is 38.3 Å². The number of hydrogen-bond donors (Lipinski definition) is 0. The van der Waals surface area contributed by atoms with Crippen LogP contribution in [0.4, 0.5) is 4.39 Å². The van der Waals surface area contributed by atoms with E-state index in [0.717, 1.165) is 36.2 Å². The maximum absolute atomic E-state index is 13.6. The van der Waals surface area contributed by atoms with Gasteiger partial charge in [0.15, 0.2) is 0 Å². The summed E-state index contributed by atoms with van der Waals surface area (Å²) in [4.78, 5) is 15.9. The van der Waals surface area contributed by atoms with Crippen LogP contribution in [0.1, 0.15) is 62.6 Å². The highest BCUT2D eigenvalue weighted by Gasteiger charge is 2.35. The Bertz CT molecular complexity index is 1020. The summed E-state index contributed by atoms with van der Waals surface area (Å²) in [5.41, 5.74) is 2.45. The lowest BCUT2D eigenvalue weighted by atomic mass is 9.94. The van der Waals surface area contributed by atoms with Crippen molar-refractivity contribution in [1.82, 2.24) is 9.91 Å². The predicted molar refractivity (Wildman–Crippen MR) is 131 cm³/mol. The number of nitrogens with zero attached hydrogens (tertiary/aromatic N) is 3. The molecule has 4 rings (SSSR count). The van der Waals surface area contributed by atoms with Gasteiger partial charge in [0.05, 0.1) is 32.5 Å². The Balaban J connectivity index is 1.63. The van der Waals surface area contributed by atoms with E-state index in [1.165, 1.54) is 31.4 Å². The van der Waals surface area contributed by atoms with Crippen LogP contribution in [-0.2, 0) is 4.79 Å². The molecule has 1 amide bonds. The molecule has 1 heterocycles. The first-order valence-electron chi connectivity index (χ1n) is 12.2. The average molecular weight is 468 g/mol. The summed E-state index contributed by atoms with van der Waals surface area (Å²) < 4.78 is 24.5. The molecule has 1 atom stereocenters. The van der Waals surface area contributed by atoms with Crippen LogP contribution in [-0.4, -0.2) is 54.9 Å². The second kappa shape index (κ2) is 11.0. The summed E-state index contributed by atoms with van der Waals surface area (Å²) >= 11 is 0. The molecular weight excluding hydrogens is 433 g/mol. The molecule has 1 unspecified atom stereocenters. The van der Waals surface area contributed by atoms with Crippen molar-refractivity contribution < 1.29 is 18.7 Å². The molecule has 34 heavy (non-hydrogen) atoms. The van der Waals surface area contributed by atoms with Crippen molar-refractivity contribution in [2.75, 3.05) is 27.3 Å². The molecule has 2 aromatic rings. The van der Waals surface area contributed by atoms with Gasteiger partial charge in [-0.15, -0.1) is 0 Å². The van der Waals surface area contributed by atoms with Crippen LogP contribution in [0.3, 0.4) is 0 Å². The maximum Gasteiger partial charge on any atom is 0.257 e. The number of ether oxygens (including phenoxy) is 2. The van der Waals surface area contributed by atoms with Gasteiger partial charge in [0.2, 0.25) is 0 Å². The highest BCUT2D eigenvalue weighted by Crippen LogP contribution is 2.36. The van der Waals surface area contributed by atoms with Gasteiger partial charge in [-0.05, 0) is 49.2 Å². The van der Waals surface area contributed by atoms with E-state index in [1.54, 1.807) is 31.4 Å². The number of hydrazone groups is 1. The van der Waals surface area contributed by atoms with Crippen molar-refractivity contribution in [1.29, 1.82) is 0 Å². The van der Waals surface area contributed by atoms with E-state index in [0.29, 0.717) is 30.5 Å². The number of rotatable bonds is 8. The minimum Gasteiger partial charge on any atom is -0.497 e. The van der Waals surface area contributed by atoms with E-state index in [2.05, 4.69) is 11.8 Å². The Hall–Kier alpha value is -2.93.